The number of aliphatic carboxylic acids is 1. The molecule has 2 atom stereocenters. The standard InChI is InChI=1S/C16H24O5/c17-13-5-8-20-11-16(13,14(18)19)12-4-9-21-15(10-12)6-2-1-3-7-15/h12H,1-11H2,(H,18,19). The summed E-state index contributed by atoms with van der Waals surface area (Å²) in [5.41, 5.74) is -1.53. The fourth-order valence-corrected chi connectivity index (χ4v) is 4.40. The van der Waals surface area contributed by atoms with Crippen molar-refractivity contribution in [3.8, 4) is 0 Å². The van der Waals surface area contributed by atoms with Crippen molar-refractivity contribution in [2.75, 3.05) is 19.8 Å². The first kappa shape index (κ1) is 15.0. The molecule has 0 aromatic heterocycles. The van der Waals surface area contributed by atoms with Gasteiger partial charge in [0.05, 0.1) is 18.8 Å². The highest BCUT2D eigenvalue weighted by atomic mass is 16.5. The summed E-state index contributed by atoms with van der Waals surface area (Å²) in [4.78, 5) is 24.3. The molecular weight excluding hydrogens is 272 g/mol. The van der Waals surface area contributed by atoms with Gasteiger partial charge in [0.1, 0.15) is 0 Å². The van der Waals surface area contributed by atoms with E-state index in [9.17, 15) is 14.7 Å². The molecule has 2 saturated heterocycles. The molecule has 0 amide bonds. The molecule has 0 aromatic carbocycles. The van der Waals surface area contributed by atoms with Crippen LogP contribution in [0, 0.1) is 11.3 Å². The normalized spacial score (nSPS) is 36.6. The molecule has 0 radical (unpaired) electrons. The first-order chi connectivity index (χ1) is 10.1. The van der Waals surface area contributed by atoms with Crippen molar-refractivity contribution in [1.29, 1.82) is 0 Å². The molecule has 3 fully saturated rings. The van der Waals surface area contributed by atoms with E-state index in [-0.39, 0.29) is 30.3 Å². The summed E-state index contributed by atoms with van der Waals surface area (Å²) in [7, 11) is 0. The van der Waals surface area contributed by atoms with Gasteiger partial charge in [-0.15, -0.1) is 0 Å². The number of carbonyl (C=O) groups excluding carboxylic acids is 1. The maximum Gasteiger partial charge on any atom is 0.319 e. The van der Waals surface area contributed by atoms with Crippen LogP contribution in [0.5, 0.6) is 0 Å². The molecular formula is C16H24O5. The van der Waals surface area contributed by atoms with Gasteiger partial charge in [-0.25, -0.2) is 0 Å². The summed E-state index contributed by atoms with van der Waals surface area (Å²) < 4.78 is 11.4. The first-order valence-corrected chi connectivity index (χ1v) is 8.07. The van der Waals surface area contributed by atoms with Crippen molar-refractivity contribution in [2.45, 2.75) is 57.0 Å². The molecule has 2 heterocycles. The van der Waals surface area contributed by atoms with E-state index in [0.29, 0.717) is 26.1 Å². The lowest BCUT2D eigenvalue weighted by atomic mass is 9.63. The topological polar surface area (TPSA) is 72.8 Å². The van der Waals surface area contributed by atoms with E-state index in [1.165, 1.54) is 6.42 Å². The molecule has 0 aromatic rings. The SMILES string of the molecule is O=C(O)C1(C2CCOC3(CCCCC3)C2)COCCC1=O. The minimum atomic E-state index is -1.34. The minimum Gasteiger partial charge on any atom is -0.480 e. The second-order valence-corrected chi connectivity index (χ2v) is 6.78. The van der Waals surface area contributed by atoms with Crippen molar-refractivity contribution >= 4 is 11.8 Å². The summed E-state index contributed by atoms with van der Waals surface area (Å²) >= 11 is 0. The Morgan fingerprint density at radius 1 is 1.19 bits per heavy atom. The van der Waals surface area contributed by atoms with Crippen LogP contribution in [0.15, 0.2) is 0 Å². The maximum atomic E-state index is 12.4. The molecule has 3 aliphatic rings. The zero-order valence-corrected chi connectivity index (χ0v) is 12.4. The Balaban J connectivity index is 1.85. The van der Waals surface area contributed by atoms with Crippen molar-refractivity contribution in [1.82, 2.24) is 0 Å². The molecule has 1 aliphatic carbocycles. The van der Waals surface area contributed by atoms with Crippen LogP contribution in [0.3, 0.4) is 0 Å². The highest BCUT2D eigenvalue weighted by Gasteiger charge is 2.56. The van der Waals surface area contributed by atoms with Gasteiger partial charge in [-0.1, -0.05) is 19.3 Å². The van der Waals surface area contributed by atoms with E-state index in [0.717, 1.165) is 25.7 Å². The van der Waals surface area contributed by atoms with E-state index in [2.05, 4.69) is 0 Å². The molecule has 2 aliphatic heterocycles. The van der Waals surface area contributed by atoms with E-state index in [4.69, 9.17) is 9.47 Å². The van der Waals surface area contributed by atoms with E-state index in [1.807, 2.05) is 0 Å². The number of carboxylic acid groups (broad SMARTS) is 1. The number of hydrogen-bond acceptors (Lipinski definition) is 4. The first-order valence-electron chi connectivity index (χ1n) is 8.07. The quantitative estimate of drug-likeness (QED) is 0.791. The molecule has 1 N–H and O–H groups in total. The number of carboxylic acids is 1. The predicted octanol–water partition coefficient (Wildman–Crippen LogP) is 2.18. The van der Waals surface area contributed by atoms with Gasteiger partial charge in [-0.3, -0.25) is 9.59 Å². The van der Waals surface area contributed by atoms with Gasteiger partial charge in [0.15, 0.2) is 11.2 Å². The summed E-state index contributed by atoms with van der Waals surface area (Å²) in [6, 6.07) is 0. The number of ether oxygens (including phenoxy) is 2. The smallest absolute Gasteiger partial charge is 0.319 e. The molecule has 5 heteroatoms. The monoisotopic (exact) mass is 296 g/mol. The number of Topliss-reactive ketones (excluding diaryl/α,β-unsaturated/α-hetero) is 1. The van der Waals surface area contributed by atoms with Crippen LogP contribution in [0.2, 0.25) is 0 Å². The van der Waals surface area contributed by atoms with Crippen LogP contribution in [0.25, 0.3) is 0 Å². The van der Waals surface area contributed by atoms with Crippen molar-refractivity contribution in [2.24, 2.45) is 11.3 Å². The highest BCUT2D eigenvalue weighted by Crippen LogP contribution is 2.48. The van der Waals surface area contributed by atoms with Crippen LogP contribution < -0.4 is 0 Å². The summed E-state index contributed by atoms with van der Waals surface area (Å²) in [6.07, 6.45) is 7.03. The zero-order valence-electron chi connectivity index (χ0n) is 12.4. The largest absolute Gasteiger partial charge is 0.480 e. The summed E-state index contributed by atoms with van der Waals surface area (Å²) in [5, 5.41) is 9.76. The Bertz CT molecular complexity index is 421. The summed E-state index contributed by atoms with van der Waals surface area (Å²) in [5.74, 6) is -1.32. The van der Waals surface area contributed by atoms with Crippen LogP contribution in [0.4, 0.5) is 0 Å². The van der Waals surface area contributed by atoms with Gasteiger partial charge in [-0.2, -0.15) is 0 Å². The third kappa shape index (κ3) is 2.50. The molecule has 3 rings (SSSR count). The predicted molar refractivity (Wildman–Crippen MR) is 75.0 cm³/mol. The maximum absolute atomic E-state index is 12.4. The lowest BCUT2D eigenvalue weighted by Crippen LogP contribution is -2.56. The van der Waals surface area contributed by atoms with Gasteiger partial charge in [0.25, 0.3) is 0 Å². The number of ketones is 1. The fourth-order valence-electron chi connectivity index (χ4n) is 4.40. The molecule has 1 spiro atoms. The van der Waals surface area contributed by atoms with Gasteiger partial charge in [0, 0.05) is 13.0 Å². The fraction of sp³-hybridized carbons (Fsp3) is 0.875. The lowest BCUT2D eigenvalue weighted by Gasteiger charge is -2.48. The lowest BCUT2D eigenvalue weighted by molar-refractivity contribution is -0.184. The molecule has 5 nitrogen and oxygen atoms in total. The Morgan fingerprint density at radius 2 is 1.95 bits per heavy atom. The highest BCUT2D eigenvalue weighted by molar-refractivity contribution is 6.04. The average Bonchev–Trinajstić information content (AvgIpc) is 2.48. The minimum absolute atomic E-state index is 0.0297. The zero-order chi connectivity index (χ0) is 14.9. The van der Waals surface area contributed by atoms with Crippen molar-refractivity contribution < 1.29 is 24.2 Å². The third-order valence-corrected chi connectivity index (χ3v) is 5.64. The second-order valence-electron chi connectivity index (χ2n) is 6.78. The Kier molecular flexibility index (Phi) is 4.06. The van der Waals surface area contributed by atoms with Crippen molar-refractivity contribution in [3.63, 3.8) is 0 Å². The van der Waals surface area contributed by atoms with E-state index >= 15 is 0 Å². The molecule has 118 valence electrons. The van der Waals surface area contributed by atoms with Crippen LogP contribution in [0.1, 0.15) is 51.4 Å². The second kappa shape index (κ2) is 5.69. The van der Waals surface area contributed by atoms with Gasteiger partial charge in [0.2, 0.25) is 0 Å². The van der Waals surface area contributed by atoms with E-state index < -0.39 is 11.4 Å². The molecule has 0 bridgehead atoms. The van der Waals surface area contributed by atoms with Gasteiger partial charge >= 0.3 is 5.97 Å². The Labute approximate surface area is 125 Å². The Hall–Kier alpha value is -0.940. The number of hydrogen-bond donors (Lipinski definition) is 1. The van der Waals surface area contributed by atoms with E-state index in [1.54, 1.807) is 0 Å². The van der Waals surface area contributed by atoms with Crippen LogP contribution >= 0.6 is 0 Å². The number of carbonyl (C=O) groups is 2. The van der Waals surface area contributed by atoms with Crippen molar-refractivity contribution in [3.05, 3.63) is 0 Å². The molecule has 2 unspecified atom stereocenters. The third-order valence-electron chi connectivity index (χ3n) is 5.64. The van der Waals surface area contributed by atoms with Gasteiger partial charge in [-0.05, 0) is 31.6 Å². The van der Waals surface area contributed by atoms with Crippen LogP contribution in [-0.4, -0.2) is 42.3 Å². The Morgan fingerprint density at radius 3 is 2.62 bits per heavy atom. The average molecular weight is 296 g/mol. The number of rotatable bonds is 2. The summed E-state index contributed by atoms with van der Waals surface area (Å²) in [6.45, 7) is 0.942. The van der Waals surface area contributed by atoms with Crippen LogP contribution in [-0.2, 0) is 19.1 Å². The molecule has 21 heavy (non-hydrogen) atoms. The van der Waals surface area contributed by atoms with Gasteiger partial charge < -0.3 is 14.6 Å². The molecule has 1 saturated carbocycles.